The molecule has 0 saturated carbocycles. The van der Waals surface area contributed by atoms with Gasteiger partial charge in [0.15, 0.2) is 0 Å². The maximum Gasteiger partial charge on any atom is 0.490 e. The smallest absolute Gasteiger partial charge is 0.490 e. The van der Waals surface area contributed by atoms with Crippen molar-refractivity contribution < 1.29 is 45.8 Å². The molecule has 38 heavy (non-hydrogen) atoms. The molecule has 3 rings (SSSR count). The Morgan fingerprint density at radius 1 is 1.03 bits per heavy atom. The zero-order valence-corrected chi connectivity index (χ0v) is 20.9. The third-order valence-electron chi connectivity index (χ3n) is 5.67. The van der Waals surface area contributed by atoms with Crippen LogP contribution in [0.4, 0.5) is 32.0 Å². The van der Waals surface area contributed by atoms with E-state index in [0.717, 1.165) is 44.6 Å². The second kappa shape index (κ2) is 13.5. The summed E-state index contributed by atoms with van der Waals surface area (Å²) in [6.45, 7) is 7.62. The highest BCUT2D eigenvalue weighted by Gasteiger charge is 2.38. The van der Waals surface area contributed by atoms with E-state index in [0.29, 0.717) is 17.4 Å². The molecular weight excluding hydrogens is 518 g/mol. The van der Waals surface area contributed by atoms with Gasteiger partial charge in [0.1, 0.15) is 11.9 Å². The number of halogens is 6. The number of amides is 1. The number of benzene rings is 2. The van der Waals surface area contributed by atoms with Crippen LogP contribution < -0.4 is 10.1 Å². The molecule has 1 saturated heterocycles. The molecule has 1 aliphatic rings. The normalized spacial score (nSPS) is 15.0. The summed E-state index contributed by atoms with van der Waals surface area (Å²) >= 11 is 0. The number of anilines is 1. The lowest BCUT2D eigenvalue weighted by Gasteiger charge is -2.32. The van der Waals surface area contributed by atoms with E-state index in [4.69, 9.17) is 14.6 Å². The van der Waals surface area contributed by atoms with Crippen LogP contribution in [0.2, 0.25) is 0 Å². The molecular formula is C26H30F6N2O4. The van der Waals surface area contributed by atoms with Crippen LogP contribution in [0.25, 0.3) is 0 Å². The number of carboxylic acids is 1. The molecule has 1 heterocycles. The molecule has 1 fully saturated rings. The quantitative estimate of drug-likeness (QED) is 0.387. The van der Waals surface area contributed by atoms with Gasteiger partial charge in [0, 0.05) is 30.4 Å². The molecule has 0 aromatic heterocycles. The number of carbonyl (C=O) groups excluding carboxylic acids is 1. The van der Waals surface area contributed by atoms with Crippen LogP contribution in [0.15, 0.2) is 48.5 Å². The monoisotopic (exact) mass is 548 g/mol. The van der Waals surface area contributed by atoms with Gasteiger partial charge in [-0.1, -0.05) is 19.9 Å². The van der Waals surface area contributed by atoms with E-state index in [2.05, 4.69) is 24.1 Å². The Hall–Kier alpha value is -3.28. The summed E-state index contributed by atoms with van der Waals surface area (Å²) in [4.78, 5) is 23.8. The van der Waals surface area contributed by atoms with Crippen molar-refractivity contribution in [1.82, 2.24) is 4.90 Å². The fourth-order valence-electron chi connectivity index (χ4n) is 3.54. The van der Waals surface area contributed by atoms with Gasteiger partial charge in [-0.2, -0.15) is 26.3 Å². The molecule has 12 heteroatoms. The molecule has 0 aliphatic carbocycles. The van der Waals surface area contributed by atoms with Crippen molar-refractivity contribution in [3.8, 4) is 5.75 Å². The standard InChI is InChI=1S/C24H29F3N2O2.C2HF3O2/c1-17(2)10-13-29-14-11-21(12-15-29)31-22-5-3-4-20(16-22)28-23(30)18-6-8-19(9-7-18)24(25,26)27;3-2(4,5)1(6)7/h3-9,16-17,21H,10-15H2,1-2H3,(H,28,30);(H,6,7). The minimum Gasteiger partial charge on any atom is -0.490 e. The number of hydrogen-bond acceptors (Lipinski definition) is 4. The van der Waals surface area contributed by atoms with E-state index < -0.39 is 29.8 Å². The zero-order chi connectivity index (χ0) is 28.5. The SMILES string of the molecule is CC(C)CCN1CCC(Oc2cccc(NC(=O)c3ccc(C(F)(F)F)cc3)c2)CC1.O=C(O)C(F)(F)F. The van der Waals surface area contributed by atoms with Crippen LogP contribution >= 0.6 is 0 Å². The van der Waals surface area contributed by atoms with Crippen LogP contribution in [0.3, 0.4) is 0 Å². The maximum absolute atomic E-state index is 12.7. The first-order chi connectivity index (χ1) is 17.6. The highest BCUT2D eigenvalue weighted by Crippen LogP contribution is 2.29. The highest BCUT2D eigenvalue weighted by molar-refractivity contribution is 6.04. The number of carbonyl (C=O) groups is 2. The maximum atomic E-state index is 12.7. The van der Waals surface area contributed by atoms with Crippen molar-refractivity contribution >= 4 is 17.6 Å². The van der Waals surface area contributed by atoms with Gasteiger partial charge in [-0.3, -0.25) is 4.79 Å². The Labute approximate surface area is 216 Å². The Morgan fingerprint density at radius 2 is 1.61 bits per heavy atom. The van der Waals surface area contributed by atoms with E-state index >= 15 is 0 Å². The van der Waals surface area contributed by atoms with Crippen molar-refractivity contribution in [3.63, 3.8) is 0 Å². The molecule has 1 aliphatic heterocycles. The van der Waals surface area contributed by atoms with Gasteiger partial charge in [0.05, 0.1) is 5.56 Å². The predicted octanol–water partition coefficient (Wildman–Crippen LogP) is 6.48. The molecule has 1 amide bonds. The van der Waals surface area contributed by atoms with E-state index in [1.54, 1.807) is 18.2 Å². The number of likely N-dealkylation sites (tertiary alicyclic amines) is 1. The fourth-order valence-corrected chi connectivity index (χ4v) is 3.54. The Bertz CT molecular complexity index is 1050. The average molecular weight is 549 g/mol. The number of ether oxygens (including phenoxy) is 1. The lowest BCUT2D eigenvalue weighted by molar-refractivity contribution is -0.192. The summed E-state index contributed by atoms with van der Waals surface area (Å²) in [7, 11) is 0. The number of nitrogens with zero attached hydrogens (tertiary/aromatic N) is 1. The number of aliphatic carboxylic acids is 1. The van der Waals surface area contributed by atoms with Gasteiger partial charge >= 0.3 is 18.3 Å². The Balaban J connectivity index is 0.000000638. The molecule has 2 aromatic rings. The zero-order valence-electron chi connectivity index (χ0n) is 20.9. The third kappa shape index (κ3) is 10.6. The number of nitrogens with one attached hydrogen (secondary N) is 1. The third-order valence-corrected chi connectivity index (χ3v) is 5.67. The summed E-state index contributed by atoms with van der Waals surface area (Å²) in [6, 6.07) is 11.3. The summed E-state index contributed by atoms with van der Waals surface area (Å²) in [5, 5.41) is 9.84. The first-order valence-corrected chi connectivity index (χ1v) is 11.9. The molecule has 2 N–H and O–H groups in total. The first-order valence-electron chi connectivity index (χ1n) is 11.9. The van der Waals surface area contributed by atoms with Crippen LogP contribution in [0, 0.1) is 5.92 Å². The van der Waals surface area contributed by atoms with Crippen molar-refractivity contribution in [2.45, 2.75) is 51.6 Å². The Morgan fingerprint density at radius 3 is 2.11 bits per heavy atom. The number of alkyl halides is 6. The molecule has 2 aromatic carbocycles. The summed E-state index contributed by atoms with van der Waals surface area (Å²) in [6.07, 6.45) is -6.26. The van der Waals surface area contributed by atoms with Crippen molar-refractivity contribution in [2.75, 3.05) is 25.0 Å². The van der Waals surface area contributed by atoms with Gasteiger partial charge in [-0.15, -0.1) is 0 Å². The van der Waals surface area contributed by atoms with Gasteiger partial charge < -0.3 is 20.1 Å². The van der Waals surface area contributed by atoms with Gasteiger partial charge in [-0.05, 0) is 68.1 Å². The van der Waals surface area contributed by atoms with Crippen LogP contribution in [-0.2, 0) is 11.0 Å². The molecule has 0 spiro atoms. The average Bonchev–Trinajstić information content (AvgIpc) is 2.83. The minimum atomic E-state index is -5.08. The van der Waals surface area contributed by atoms with Gasteiger partial charge in [-0.25, -0.2) is 4.79 Å². The second-order valence-electron chi connectivity index (χ2n) is 9.20. The van der Waals surface area contributed by atoms with Gasteiger partial charge in [0.2, 0.25) is 0 Å². The molecule has 6 nitrogen and oxygen atoms in total. The minimum absolute atomic E-state index is 0.135. The van der Waals surface area contributed by atoms with Crippen molar-refractivity contribution in [1.29, 1.82) is 0 Å². The topological polar surface area (TPSA) is 78.9 Å². The van der Waals surface area contributed by atoms with Gasteiger partial charge in [0.25, 0.3) is 5.91 Å². The Kier molecular flexibility index (Phi) is 11.0. The number of carboxylic acid groups (broad SMARTS) is 1. The van der Waals surface area contributed by atoms with E-state index in [1.807, 2.05) is 6.07 Å². The predicted molar refractivity (Wildman–Crippen MR) is 129 cm³/mol. The molecule has 0 atom stereocenters. The summed E-state index contributed by atoms with van der Waals surface area (Å²) < 4.78 is 75.9. The largest absolute Gasteiger partial charge is 0.490 e. The van der Waals surface area contributed by atoms with E-state index in [-0.39, 0.29) is 11.7 Å². The fraction of sp³-hybridized carbons (Fsp3) is 0.462. The number of hydrogen-bond donors (Lipinski definition) is 2. The van der Waals surface area contributed by atoms with Crippen molar-refractivity contribution in [2.24, 2.45) is 5.92 Å². The molecule has 0 unspecified atom stereocenters. The molecule has 210 valence electrons. The van der Waals surface area contributed by atoms with E-state index in [9.17, 15) is 31.1 Å². The molecule has 0 radical (unpaired) electrons. The lowest BCUT2D eigenvalue weighted by Crippen LogP contribution is -2.39. The first kappa shape index (κ1) is 30.9. The van der Waals surface area contributed by atoms with Crippen LogP contribution in [0.5, 0.6) is 5.75 Å². The summed E-state index contributed by atoms with van der Waals surface area (Å²) in [5.41, 5.74) is -0.0837. The van der Waals surface area contributed by atoms with Crippen LogP contribution in [-0.4, -0.2) is 53.8 Å². The molecule has 0 bridgehead atoms. The number of rotatable bonds is 7. The number of piperidine rings is 1. The lowest BCUT2D eigenvalue weighted by atomic mass is 10.1. The summed E-state index contributed by atoms with van der Waals surface area (Å²) in [5.74, 6) is -1.85. The highest BCUT2D eigenvalue weighted by atomic mass is 19.4. The second-order valence-corrected chi connectivity index (χ2v) is 9.20. The van der Waals surface area contributed by atoms with E-state index in [1.165, 1.54) is 18.6 Å². The van der Waals surface area contributed by atoms with Crippen molar-refractivity contribution in [3.05, 3.63) is 59.7 Å². The van der Waals surface area contributed by atoms with Crippen LogP contribution in [0.1, 0.15) is 49.0 Å².